The van der Waals surface area contributed by atoms with Crippen molar-refractivity contribution in [2.75, 3.05) is 11.5 Å². The minimum atomic E-state index is 0.769. The van der Waals surface area contributed by atoms with E-state index in [1.807, 2.05) is 12.4 Å². The summed E-state index contributed by atoms with van der Waals surface area (Å²) in [5, 5.41) is 9.45. The molecular formula is C22H16N4. The van der Waals surface area contributed by atoms with Crippen LogP contribution in [0.5, 0.6) is 0 Å². The zero-order chi connectivity index (χ0) is 17.4. The van der Waals surface area contributed by atoms with Gasteiger partial charge in [-0.25, -0.2) is 0 Å². The number of fused-ring (bicyclic) bond motifs is 9. The summed E-state index contributed by atoms with van der Waals surface area (Å²) in [6, 6.07) is 17.1. The molecule has 0 aliphatic carbocycles. The molecule has 2 heterocycles. The monoisotopic (exact) mass is 336 g/mol. The summed E-state index contributed by atoms with van der Waals surface area (Å²) < 4.78 is 0. The number of hydrogen-bond donors (Lipinski definition) is 4. The Bertz CT molecular complexity index is 1390. The van der Waals surface area contributed by atoms with Crippen LogP contribution in [-0.4, -0.2) is 9.97 Å². The number of benzene rings is 4. The third-order valence-corrected chi connectivity index (χ3v) is 5.54. The summed E-state index contributed by atoms with van der Waals surface area (Å²) in [4.78, 5) is 6.47. The van der Waals surface area contributed by atoms with Gasteiger partial charge in [0.15, 0.2) is 0 Å². The van der Waals surface area contributed by atoms with E-state index in [0.717, 1.165) is 33.2 Å². The van der Waals surface area contributed by atoms with Gasteiger partial charge in [0.25, 0.3) is 0 Å². The van der Waals surface area contributed by atoms with Gasteiger partial charge in [-0.3, -0.25) is 0 Å². The standard InChI is InChI=1S/C22H16N4/c23-19-9-17-11-1-3-13-15-5-7-25-21(15)20(24)10-18(13)12(11)2-4-14(17)16-6-8-26-22(16)19/h1-10,25-26H,23-24H2. The third-order valence-electron chi connectivity index (χ3n) is 5.54. The molecule has 6 rings (SSSR count). The van der Waals surface area contributed by atoms with Crippen LogP contribution in [0.1, 0.15) is 0 Å². The fraction of sp³-hybridized carbons (Fsp3) is 0. The second kappa shape index (κ2) is 4.49. The van der Waals surface area contributed by atoms with Gasteiger partial charge in [0.1, 0.15) is 0 Å². The van der Waals surface area contributed by atoms with E-state index in [0.29, 0.717) is 0 Å². The number of rotatable bonds is 0. The maximum Gasteiger partial charge on any atom is 0.0694 e. The first-order chi connectivity index (χ1) is 12.7. The van der Waals surface area contributed by atoms with Crippen LogP contribution in [0, 0.1) is 0 Å². The van der Waals surface area contributed by atoms with Crippen molar-refractivity contribution in [3.05, 3.63) is 60.9 Å². The zero-order valence-electron chi connectivity index (χ0n) is 13.9. The van der Waals surface area contributed by atoms with E-state index >= 15 is 0 Å². The van der Waals surface area contributed by atoms with E-state index in [9.17, 15) is 0 Å². The van der Waals surface area contributed by atoms with Gasteiger partial charge in [-0.2, -0.15) is 0 Å². The zero-order valence-corrected chi connectivity index (χ0v) is 13.9. The van der Waals surface area contributed by atoms with Crippen LogP contribution in [0.4, 0.5) is 11.4 Å². The van der Waals surface area contributed by atoms with Gasteiger partial charge in [-0.1, -0.05) is 24.3 Å². The molecule has 0 radical (unpaired) electrons. The lowest BCUT2D eigenvalue weighted by Crippen LogP contribution is -1.90. The Hall–Kier alpha value is -3.66. The first-order valence-corrected chi connectivity index (χ1v) is 8.62. The molecule has 6 aromatic rings. The Morgan fingerprint density at radius 3 is 1.27 bits per heavy atom. The molecule has 0 aliphatic heterocycles. The van der Waals surface area contributed by atoms with E-state index in [2.05, 4.69) is 58.5 Å². The van der Waals surface area contributed by atoms with Gasteiger partial charge in [0.05, 0.1) is 22.4 Å². The lowest BCUT2D eigenvalue weighted by atomic mass is 9.94. The molecule has 4 nitrogen and oxygen atoms in total. The molecule has 0 fully saturated rings. The molecule has 4 aromatic carbocycles. The predicted octanol–water partition coefficient (Wildman–Crippen LogP) is 5.27. The molecule has 0 amide bonds. The van der Waals surface area contributed by atoms with Crippen molar-refractivity contribution in [3.8, 4) is 0 Å². The van der Waals surface area contributed by atoms with Crippen LogP contribution >= 0.6 is 0 Å². The fourth-order valence-electron chi connectivity index (χ4n) is 4.35. The summed E-state index contributed by atoms with van der Waals surface area (Å²) >= 11 is 0. The van der Waals surface area contributed by atoms with E-state index in [-0.39, 0.29) is 0 Å². The summed E-state index contributed by atoms with van der Waals surface area (Å²) in [6.45, 7) is 0. The van der Waals surface area contributed by atoms with Crippen LogP contribution in [0.3, 0.4) is 0 Å². The minimum absolute atomic E-state index is 0.769. The van der Waals surface area contributed by atoms with Crippen molar-refractivity contribution in [1.82, 2.24) is 9.97 Å². The maximum atomic E-state index is 6.30. The predicted molar refractivity (Wildman–Crippen MR) is 111 cm³/mol. The number of hydrogen-bond acceptors (Lipinski definition) is 2. The largest absolute Gasteiger partial charge is 0.397 e. The number of nitrogens with two attached hydrogens (primary N) is 2. The van der Waals surface area contributed by atoms with Crippen molar-refractivity contribution < 1.29 is 0 Å². The van der Waals surface area contributed by atoms with Crippen molar-refractivity contribution in [2.24, 2.45) is 0 Å². The average molecular weight is 336 g/mol. The van der Waals surface area contributed by atoms with Crippen LogP contribution < -0.4 is 11.5 Å². The van der Waals surface area contributed by atoms with E-state index in [1.165, 1.54) is 32.3 Å². The molecular weight excluding hydrogens is 320 g/mol. The van der Waals surface area contributed by atoms with Crippen LogP contribution in [0.25, 0.3) is 54.1 Å². The lowest BCUT2D eigenvalue weighted by molar-refractivity contribution is 1.48. The quantitative estimate of drug-likeness (QED) is 0.225. The highest BCUT2D eigenvalue weighted by molar-refractivity contribution is 6.26. The number of anilines is 2. The van der Waals surface area contributed by atoms with Crippen molar-refractivity contribution >= 4 is 65.5 Å². The fourth-order valence-corrected chi connectivity index (χ4v) is 4.35. The number of nitrogen functional groups attached to an aromatic ring is 2. The van der Waals surface area contributed by atoms with E-state index in [4.69, 9.17) is 11.5 Å². The highest BCUT2D eigenvalue weighted by Crippen LogP contribution is 2.39. The first-order valence-electron chi connectivity index (χ1n) is 8.62. The number of aromatic nitrogens is 2. The van der Waals surface area contributed by atoms with Gasteiger partial charge >= 0.3 is 0 Å². The molecule has 4 heteroatoms. The lowest BCUT2D eigenvalue weighted by Gasteiger charge is -2.11. The molecule has 6 N–H and O–H groups in total. The van der Waals surface area contributed by atoms with Crippen molar-refractivity contribution in [1.29, 1.82) is 0 Å². The molecule has 0 bridgehead atoms. The Balaban J connectivity index is 1.87. The SMILES string of the molecule is Nc1cc2c(ccc3c4cc(N)c5[nH]ccc5c4ccc23)c2cc[nH]c12. The van der Waals surface area contributed by atoms with Crippen molar-refractivity contribution in [3.63, 3.8) is 0 Å². The number of nitrogens with one attached hydrogen (secondary N) is 2. The summed E-state index contributed by atoms with van der Waals surface area (Å²) in [7, 11) is 0. The second-order valence-corrected chi connectivity index (χ2v) is 6.88. The summed E-state index contributed by atoms with van der Waals surface area (Å²) in [6.07, 6.45) is 3.88. The highest BCUT2D eigenvalue weighted by atomic mass is 14.7. The molecule has 26 heavy (non-hydrogen) atoms. The Kier molecular flexibility index (Phi) is 2.35. The molecule has 0 spiro atoms. The molecule has 0 saturated heterocycles. The number of aromatic amines is 2. The molecule has 124 valence electrons. The van der Waals surface area contributed by atoms with Crippen molar-refractivity contribution in [2.45, 2.75) is 0 Å². The van der Waals surface area contributed by atoms with Gasteiger partial charge in [-0.05, 0) is 56.6 Å². The van der Waals surface area contributed by atoms with Crippen LogP contribution in [0.2, 0.25) is 0 Å². The molecule has 0 saturated carbocycles. The normalized spacial score (nSPS) is 12.2. The van der Waals surface area contributed by atoms with E-state index in [1.54, 1.807) is 0 Å². The average Bonchev–Trinajstić information content (AvgIpc) is 3.32. The second-order valence-electron chi connectivity index (χ2n) is 6.88. The first kappa shape index (κ1) is 13.6. The highest BCUT2D eigenvalue weighted by Gasteiger charge is 2.12. The minimum Gasteiger partial charge on any atom is -0.397 e. The maximum absolute atomic E-state index is 6.30. The molecule has 0 aliphatic rings. The Morgan fingerprint density at radius 2 is 0.846 bits per heavy atom. The van der Waals surface area contributed by atoms with Gasteiger partial charge < -0.3 is 21.4 Å². The summed E-state index contributed by atoms with van der Waals surface area (Å²) in [5.74, 6) is 0. The summed E-state index contributed by atoms with van der Waals surface area (Å²) in [5.41, 5.74) is 16.1. The third kappa shape index (κ3) is 1.54. The van der Waals surface area contributed by atoms with Gasteiger partial charge in [0, 0.05) is 23.2 Å². The molecule has 0 atom stereocenters. The van der Waals surface area contributed by atoms with E-state index < -0.39 is 0 Å². The van der Waals surface area contributed by atoms with Gasteiger partial charge in [0.2, 0.25) is 0 Å². The molecule has 0 unspecified atom stereocenters. The molecule has 2 aromatic heterocycles. The smallest absolute Gasteiger partial charge is 0.0694 e. The van der Waals surface area contributed by atoms with Crippen LogP contribution in [0.15, 0.2) is 60.9 Å². The topological polar surface area (TPSA) is 83.6 Å². The number of H-pyrrole nitrogens is 2. The van der Waals surface area contributed by atoms with Crippen LogP contribution in [-0.2, 0) is 0 Å². The Morgan fingerprint density at radius 1 is 0.462 bits per heavy atom. The van der Waals surface area contributed by atoms with Gasteiger partial charge in [-0.15, -0.1) is 0 Å². The Labute approximate surface area is 148 Å².